The van der Waals surface area contributed by atoms with E-state index in [0.29, 0.717) is 28.3 Å². The third kappa shape index (κ3) is 4.77. The van der Waals surface area contributed by atoms with Crippen LogP contribution >= 0.6 is 0 Å². The number of halogens is 1. The van der Waals surface area contributed by atoms with Gasteiger partial charge in [-0.05, 0) is 36.4 Å². The molecule has 0 bridgehead atoms. The molecule has 4 aromatic rings. The third-order valence-electron chi connectivity index (χ3n) is 5.62. The van der Waals surface area contributed by atoms with E-state index in [9.17, 15) is 9.90 Å². The van der Waals surface area contributed by atoms with Crippen LogP contribution in [0.15, 0.2) is 65.5 Å². The van der Waals surface area contributed by atoms with Crippen molar-refractivity contribution in [2.45, 2.75) is 12.6 Å². The van der Waals surface area contributed by atoms with Crippen molar-refractivity contribution in [3.8, 4) is 17.2 Å². The van der Waals surface area contributed by atoms with E-state index >= 15 is 4.39 Å². The number of hydrogen-bond donors (Lipinski definition) is 5. The van der Waals surface area contributed by atoms with Gasteiger partial charge in [-0.2, -0.15) is 4.68 Å². The fourth-order valence-electron chi connectivity index (χ4n) is 3.78. The minimum atomic E-state index is -0.955. The Morgan fingerprint density at radius 3 is 2.47 bits per heavy atom. The van der Waals surface area contributed by atoms with Crippen molar-refractivity contribution in [1.29, 1.82) is 5.41 Å². The van der Waals surface area contributed by atoms with E-state index in [1.807, 2.05) is 0 Å². The first-order valence-corrected chi connectivity index (χ1v) is 10.9. The van der Waals surface area contributed by atoms with Crippen molar-refractivity contribution in [3.63, 3.8) is 0 Å². The SMILES string of the molecule is COc1cc(F)c(C(Nc2ccc(C(=N)N)cc2)c2nn(-c3ccccc3CO)c(=O)[nH]2)cc1OC. The predicted octanol–water partition coefficient (Wildman–Crippen LogP) is 2.69. The second kappa shape index (κ2) is 10.3. The molecule has 1 unspecified atom stereocenters. The second-order valence-electron chi connectivity index (χ2n) is 7.81. The van der Waals surface area contributed by atoms with Gasteiger partial charge >= 0.3 is 5.69 Å². The zero-order valence-corrected chi connectivity index (χ0v) is 19.6. The number of rotatable bonds is 9. The Kier molecular flexibility index (Phi) is 7.02. The number of methoxy groups -OCH3 is 2. The molecule has 10 nitrogen and oxygen atoms in total. The van der Waals surface area contributed by atoms with Crippen LogP contribution in [-0.2, 0) is 6.61 Å². The average Bonchev–Trinajstić information content (AvgIpc) is 3.28. The van der Waals surface area contributed by atoms with Crippen LogP contribution in [-0.4, -0.2) is 39.9 Å². The molecule has 1 aromatic heterocycles. The molecule has 0 amide bonds. The molecule has 1 heterocycles. The number of aliphatic hydroxyl groups is 1. The Labute approximate surface area is 205 Å². The van der Waals surface area contributed by atoms with E-state index in [2.05, 4.69) is 15.4 Å². The van der Waals surface area contributed by atoms with Crippen LogP contribution in [0.1, 0.15) is 28.6 Å². The molecule has 36 heavy (non-hydrogen) atoms. The van der Waals surface area contributed by atoms with E-state index in [1.165, 1.54) is 26.4 Å². The summed E-state index contributed by atoms with van der Waals surface area (Å²) < 4.78 is 27.0. The van der Waals surface area contributed by atoms with Crippen LogP contribution in [0.4, 0.5) is 10.1 Å². The van der Waals surface area contributed by atoms with Gasteiger partial charge in [-0.1, -0.05) is 18.2 Å². The van der Waals surface area contributed by atoms with Crippen molar-refractivity contribution < 1.29 is 19.0 Å². The van der Waals surface area contributed by atoms with Crippen molar-refractivity contribution in [1.82, 2.24) is 14.8 Å². The molecule has 3 aromatic carbocycles. The summed E-state index contributed by atoms with van der Waals surface area (Å²) in [5.74, 6) is -0.0833. The first-order chi connectivity index (χ1) is 17.4. The fourth-order valence-corrected chi connectivity index (χ4v) is 3.78. The van der Waals surface area contributed by atoms with Crippen LogP contribution in [0.3, 0.4) is 0 Å². The summed E-state index contributed by atoms with van der Waals surface area (Å²) in [7, 11) is 2.84. The summed E-state index contributed by atoms with van der Waals surface area (Å²) >= 11 is 0. The molecule has 0 saturated carbocycles. The first-order valence-electron chi connectivity index (χ1n) is 10.9. The van der Waals surface area contributed by atoms with E-state index in [-0.39, 0.29) is 29.6 Å². The molecule has 1 atom stereocenters. The Bertz CT molecular complexity index is 1450. The monoisotopic (exact) mass is 492 g/mol. The van der Waals surface area contributed by atoms with Crippen molar-refractivity contribution in [2.75, 3.05) is 19.5 Å². The second-order valence-corrected chi connectivity index (χ2v) is 7.81. The molecule has 11 heteroatoms. The van der Waals surface area contributed by atoms with Crippen molar-refractivity contribution >= 4 is 11.5 Å². The topological polar surface area (TPSA) is 151 Å². The lowest BCUT2D eigenvalue weighted by Crippen LogP contribution is -2.17. The van der Waals surface area contributed by atoms with E-state index < -0.39 is 17.5 Å². The highest BCUT2D eigenvalue weighted by molar-refractivity contribution is 5.95. The van der Waals surface area contributed by atoms with Gasteiger partial charge in [0.15, 0.2) is 17.3 Å². The summed E-state index contributed by atoms with van der Waals surface area (Å²) in [6.07, 6.45) is 0. The quantitative estimate of drug-likeness (QED) is 0.178. The van der Waals surface area contributed by atoms with Crippen LogP contribution in [0, 0.1) is 11.2 Å². The number of aromatic amines is 1. The number of H-pyrrole nitrogens is 1. The summed E-state index contributed by atoms with van der Waals surface area (Å²) in [6, 6.07) is 15.1. The molecular formula is C25H25FN6O4. The van der Waals surface area contributed by atoms with Gasteiger partial charge < -0.3 is 25.6 Å². The molecule has 0 radical (unpaired) electrons. The maximum atomic E-state index is 15.3. The van der Waals surface area contributed by atoms with Crippen LogP contribution in [0.25, 0.3) is 5.69 Å². The predicted molar refractivity (Wildman–Crippen MR) is 133 cm³/mol. The number of nitrogen functional groups attached to an aromatic ring is 1. The van der Waals surface area contributed by atoms with Gasteiger partial charge in [-0.15, -0.1) is 5.10 Å². The lowest BCUT2D eigenvalue weighted by atomic mass is 10.0. The lowest BCUT2D eigenvalue weighted by molar-refractivity contribution is 0.281. The Morgan fingerprint density at radius 1 is 1.17 bits per heavy atom. The fraction of sp³-hybridized carbons (Fsp3) is 0.160. The number of nitrogens with one attached hydrogen (secondary N) is 3. The number of anilines is 1. The summed E-state index contributed by atoms with van der Waals surface area (Å²) in [5, 5.41) is 24.9. The van der Waals surface area contributed by atoms with Gasteiger partial charge in [0.2, 0.25) is 0 Å². The average molecular weight is 493 g/mol. The molecule has 0 aliphatic carbocycles. The number of ether oxygens (including phenoxy) is 2. The third-order valence-corrected chi connectivity index (χ3v) is 5.62. The van der Waals surface area contributed by atoms with Crippen molar-refractivity contribution in [2.24, 2.45) is 5.73 Å². The highest BCUT2D eigenvalue weighted by Gasteiger charge is 2.26. The zero-order chi connectivity index (χ0) is 25.8. The Morgan fingerprint density at radius 2 is 1.83 bits per heavy atom. The summed E-state index contributed by atoms with van der Waals surface area (Å²) in [5.41, 5.74) is 7.09. The smallest absolute Gasteiger partial charge is 0.348 e. The Balaban J connectivity index is 1.85. The van der Waals surface area contributed by atoms with Crippen LogP contribution in [0.5, 0.6) is 11.5 Å². The number of para-hydroxylation sites is 1. The number of amidine groups is 1. The number of benzene rings is 3. The largest absolute Gasteiger partial charge is 0.493 e. The molecule has 0 fully saturated rings. The molecule has 4 rings (SSSR count). The van der Waals surface area contributed by atoms with Crippen molar-refractivity contribution in [3.05, 3.63) is 99.5 Å². The molecule has 186 valence electrons. The normalized spacial score (nSPS) is 11.7. The van der Waals surface area contributed by atoms with Gasteiger partial charge in [-0.25, -0.2) is 9.18 Å². The molecular weight excluding hydrogens is 467 g/mol. The van der Waals surface area contributed by atoms with Gasteiger partial charge in [0.05, 0.1) is 26.5 Å². The number of hydrogen-bond acceptors (Lipinski definition) is 7. The molecule has 6 N–H and O–H groups in total. The standard InChI is InChI=1S/C25H25FN6O4/c1-35-20-11-17(18(26)12-21(20)36-2)22(29-16-9-7-14(8-10-16)23(27)28)24-30-25(34)32(31-24)19-6-4-3-5-15(19)13-33/h3-12,22,29,33H,13H2,1-2H3,(H3,27,28)(H,30,31,34). The highest BCUT2D eigenvalue weighted by atomic mass is 19.1. The number of nitrogens with two attached hydrogens (primary N) is 1. The maximum absolute atomic E-state index is 15.3. The molecule has 0 saturated heterocycles. The van der Waals surface area contributed by atoms with E-state index in [1.54, 1.807) is 48.5 Å². The number of aliphatic hydroxyl groups excluding tert-OH is 1. The highest BCUT2D eigenvalue weighted by Crippen LogP contribution is 2.35. The van der Waals surface area contributed by atoms with Gasteiger partial charge in [0, 0.05) is 28.4 Å². The van der Waals surface area contributed by atoms with Gasteiger partial charge in [0.25, 0.3) is 0 Å². The van der Waals surface area contributed by atoms with Gasteiger partial charge in [0.1, 0.15) is 17.7 Å². The zero-order valence-electron chi connectivity index (χ0n) is 19.6. The minimum Gasteiger partial charge on any atom is -0.493 e. The lowest BCUT2D eigenvalue weighted by Gasteiger charge is -2.20. The molecule has 0 aliphatic heterocycles. The van der Waals surface area contributed by atoms with Crippen LogP contribution < -0.4 is 26.2 Å². The molecule has 0 spiro atoms. The molecule has 0 aliphatic rings. The first kappa shape index (κ1) is 24.5. The van der Waals surface area contributed by atoms with Crippen LogP contribution in [0.2, 0.25) is 0 Å². The number of aromatic nitrogens is 3. The maximum Gasteiger partial charge on any atom is 0.348 e. The minimum absolute atomic E-state index is 0.0883. The summed E-state index contributed by atoms with van der Waals surface area (Å²) in [4.78, 5) is 15.6. The van der Waals surface area contributed by atoms with Gasteiger partial charge in [-0.3, -0.25) is 10.4 Å². The van der Waals surface area contributed by atoms with E-state index in [4.69, 9.17) is 20.6 Å². The Hall–Kier alpha value is -4.64. The number of nitrogens with zero attached hydrogens (tertiary/aromatic N) is 2. The summed E-state index contributed by atoms with van der Waals surface area (Å²) in [6.45, 7) is -0.292. The van der Waals surface area contributed by atoms with E-state index in [0.717, 1.165) is 4.68 Å².